The summed E-state index contributed by atoms with van der Waals surface area (Å²) in [5, 5.41) is 1.78. The van der Waals surface area contributed by atoms with Gasteiger partial charge in [0.15, 0.2) is 0 Å². The topological polar surface area (TPSA) is 60.9 Å². The van der Waals surface area contributed by atoms with Crippen molar-refractivity contribution in [2.45, 2.75) is 17.1 Å². The molecule has 2 aliphatic rings. The summed E-state index contributed by atoms with van der Waals surface area (Å²) in [6.07, 6.45) is 5.51. The number of hydrogen-bond acceptors (Lipinski definition) is 5. The Kier molecular flexibility index (Phi) is 7.22. The Morgan fingerprint density at radius 3 is 2.32 bits per heavy atom. The van der Waals surface area contributed by atoms with Gasteiger partial charge in [0.05, 0.1) is 0 Å². The lowest BCUT2D eigenvalue weighted by molar-refractivity contribution is -0.138. The van der Waals surface area contributed by atoms with Crippen LogP contribution in [0.4, 0.5) is 0 Å². The maximum atomic E-state index is 13.0. The van der Waals surface area contributed by atoms with E-state index in [1.807, 2.05) is 23.1 Å². The van der Waals surface area contributed by atoms with Gasteiger partial charge in [0.1, 0.15) is 4.21 Å². The van der Waals surface area contributed by atoms with E-state index in [4.69, 9.17) is 0 Å². The van der Waals surface area contributed by atoms with Crippen LogP contribution in [0.5, 0.6) is 0 Å². The molecule has 0 saturated carbocycles. The van der Waals surface area contributed by atoms with Gasteiger partial charge in [0.2, 0.25) is 5.91 Å². The van der Waals surface area contributed by atoms with Gasteiger partial charge in [-0.15, -0.1) is 11.3 Å². The minimum Gasteiger partial charge on any atom is -0.340 e. The molecule has 6 nitrogen and oxygen atoms in total. The predicted molar refractivity (Wildman–Crippen MR) is 124 cm³/mol. The molecule has 1 amide bonds. The molecule has 31 heavy (non-hydrogen) atoms. The summed E-state index contributed by atoms with van der Waals surface area (Å²) in [5.41, 5.74) is 1.20. The van der Waals surface area contributed by atoms with Gasteiger partial charge >= 0.3 is 0 Å². The summed E-state index contributed by atoms with van der Waals surface area (Å²) >= 11 is 1.24. The zero-order valence-corrected chi connectivity index (χ0v) is 19.2. The second kappa shape index (κ2) is 10.1. The number of carbonyl (C=O) groups excluding carboxylic acids is 1. The highest BCUT2D eigenvalue weighted by Gasteiger charge is 2.34. The average molecular weight is 460 g/mol. The third-order valence-electron chi connectivity index (χ3n) is 6.05. The molecule has 0 atom stereocenters. The van der Waals surface area contributed by atoms with Crippen molar-refractivity contribution in [1.82, 2.24) is 14.1 Å². The van der Waals surface area contributed by atoms with Crippen molar-refractivity contribution in [3.63, 3.8) is 0 Å². The van der Waals surface area contributed by atoms with Crippen LogP contribution in [0.25, 0.3) is 6.08 Å². The monoisotopic (exact) mass is 459 g/mol. The Morgan fingerprint density at radius 1 is 0.968 bits per heavy atom. The minimum atomic E-state index is -3.42. The lowest BCUT2D eigenvalue weighted by Crippen LogP contribution is -2.51. The first-order chi connectivity index (χ1) is 15.0. The lowest BCUT2D eigenvalue weighted by Gasteiger charge is -2.38. The average Bonchev–Trinajstić information content (AvgIpc) is 3.36. The molecular formula is C23H29N3O3S2. The Balaban J connectivity index is 1.22. The smallest absolute Gasteiger partial charge is 0.252 e. The zero-order chi connectivity index (χ0) is 21.7. The van der Waals surface area contributed by atoms with Crippen LogP contribution in [-0.4, -0.2) is 74.2 Å². The summed E-state index contributed by atoms with van der Waals surface area (Å²) in [6.45, 7) is 4.95. The molecular weight excluding hydrogens is 430 g/mol. The molecule has 2 saturated heterocycles. The molecule has 2 aliphatic heterocycles. The van der Waals surface area contributed by atoms with Gasteiger partial charge in [0, 0.05) is 51.7 Å². The predicted octanol–water partition coefficient (Wildman–Crippen LogP) is 3.01. The van der Waals surface area contributed by atoms with E-state index in [9.17, 15) is 13.2 Å². The number of rotatable bonds is 6. The van der Waals surface area contributed by atoms with Crippen LogP contribution in [-0.2, 0) is 14.8 Å². The number of benzene rings is 1. The van der Waals surface area contributed by atoms with Gasteiger partial charge in [-0.25, -0.2) is 8.42 Å². The molecule has 0 aliphatic carbocycles. The molecule has 2 fully saturated rings. The summed E-state index contributed by atoms with van der Waals surface area (Å²) in [6, 6.07) is 13.7. The highest BCUT2D eigenvalue weighted by atomic mass is 32.2. The molecule has 0 bridgehead atoms. The number of piperidine rings is 1. The molecule has 8 heteroatoms. The highest BCUT2D eigenvalue weighted by molar-refractivity contribution is 7.91. The molecule has 0 unspecified atom stereocenters. The van der Waals surface area contributed by atoms with E-state index >= 15 is 0 Å². The van der Waals surface area contributed by atoms with E-state index in [0.717, 1.165) is 32.7 Å². The van der Waals surface area contributed by atoms with Crippen LogP contribution in [0.2, 0.25) is 0 Å². The fraction of sp³-hybridized carbons (Fsp3) is 0.435. The van der Waals surface area contributed by atoms with E-state index in [0.29, 0.717) is 30.1 Å². The van der Waals surface area contributed by atoms with Gasteiger partial charge in [-0.3, -0.25) is 9.69 Å². The minimum absolute atomic E-state index is 0.0701. The van der Waals surface area contributed by atoms with Crippen LogP contribution in [0, 0.1) is 5.92 Å². The summed E-state index contributed by atoms with van der Waals surface area (Å²) in [7, 11) is -3.42. The summed E-state index contributed by atoms with van der Waals surface area (Å²) in [5.74, 6) is 0.118. The molecule has 3 heterocycles. The van der Waals surface area contributed by atoms with Crippen molar-refractivity contribution in [2.75, 3.05) is 45.8 Å². The Labute approximate surface area is 188 Å². The number of sulfonamides is 1. The number of carbonyl (C=O) groups is 1. The van der Waals surface area contributed by atoms with Crippen LogP contribution < -0.4 is 0 Å². The third-order valence-corrected chi connectivity index (χ3v) is 9.32. The second-order valence-electron chi connectivity index (χ2n) is 8.05. The van der Waals surface area contributed by atoms with Crippen LogP contribution in [0.1, 0.15) is 18.4 Å². The van der Waals surface area contributed by atoms with E-state index in [-0.39, 0.29) is 11.8 Å². The first kappa shape index (κ1) is 22.2. The molecule has 0 radical (unpaired) electrons. The molecule has 0 spiro atoms. The normalized spacial score (nSPS) is 19.8. The van der Waals surface area contributed by atoms with Crippen molar-refractivity contribution < 1.29 is 13.2 Å². The fourth-order valence-corrected chi connectivity index (χ4v) is 6.81. The molecule has 166 valence electrons. The highest BCUT2D eigenvalue weighted by Crippen LogP contribution is 2.27. The SMILES string of the molecule is O=C(C1CCN(S(=O)(=O)c2cccs2)CC1)N1CCN(C/C=C/c2ccccc2)CC1. The maximum Gasteiger partial charge on any atom is 0.252 e. The zero-order valence-electron chi connectivity index (χ0n) is 17.6. The molecule has 0 N–H and O–H groups in total. The van der Waals surface area contributed by atoms with Crippen molar-refractivity contribution in [1.29, 1.82) is 0 Å². The lowest BCUT2D eigenvalue weighted by atomic mass is 9.96. The number of amides is 1. The first-order valence-corrected chi connectivity index (χ1v) is 13.1. The molecule has 1 aromatic heterocycles. The van der Waals surface area contributed by atoms with Crippen LogP contribution in [0.3, 0.4) is 0 Å². The van der Waals surface area contributed by atoms with Crippen LogP contribution >= 0.6 is 11.3 Å². The summed E-state index contributed by atoms with van der Waals surface area (Å²) < 4.78 is 27.3. The van der Waals surface area contributed by atoms with Crippen molar-refractivity contribution in [2.24, 2.45) is 5.92 Å². The Hall–Kier alpha value is -2.00. The largest absolute Gasteiger partial charge is 0.340 e. The molecule has 4 rings (SSSR count). The fourth-order valence-electron chi connectivity index (χ4n) is 4.19. The van der Waals surface area contributed by atoms with E-state index < -0.39 is 10.0 Å². The van der Waals surface area contributed by atoms with Gasteiger partial charge < -0.3 is 4.90 Å². The first-order valence-electron chi connectivity index (χ1n) is 10.8. The van der Waals surface area contributed by atoms with E-state index in [1.165, 1.54) is 21.2 Å². The van der Waals surface area contributed by atoms with Crippen molar-refractivity contribution >= 4 is 33.3 Å². The van der Waals surface area contributed by atoms with Gasteiger partial charge in [-0.05, 0) is 29.9 Å². The standard InChI is InChI=1S/C23H29N3O3S2/c27-23(21-10-13-26(14-11-21)31(28,29)22-9-5-19-30-22)25-17-15-24(16-18-25)12-4-8-20-6-2-1-3-7-20/h1-9,19,21H,10-18H2/b8-4+. The maximum absolute atomic E-state index is 13.0. The quantitative estimate of drug-likeness (QED) is 0.666. The Bertz CT molecular complexity index is 974. The molecule has 1 aromatic carbocycles. The van der Waals surface area contributed by atoms with E-state index in [2.05, 4.69) is 29.2 Å². The Morgan fingerprint density at radius 2 is 1.68 bits per heavy atom. The van der Waals surface area contributed by atoms with Gasteiger partial charge in [-0.2, -0.15) is 4.31 Å². The number of nitrogens with zero attached hydrogens (tertiary/aromatic N) is 3. The van der Waals surface area contributed by atoms with Gasteiger partial charge in [-0.1, -0.05) is 48.6 Å². The number of thiophene rings is 1. The third kappa shape index (κ3) is 5.44. The van der Waals surface area contributed by atoms with Crippen molar-refractivity contribution in [3.05, 3.63) is 59.5 Å². The van der Waals surface area contributed by atoms with Crippen molar-refractivity contribution in [3.8, 4) is 0 Å². The van der Waals surface area contributed by atoms with E-state index in [1.54, 1.807) is 17.5 Å². The second-order valence-corrected chi connectivity index (χ2v) is 11.2. The molecule has 2 aromatic rings. The number of hydrogen-bond donors (Lipinski definition) is 0. The van der Waals surface area contributed by atoms with Gasteiger partial charge in [0.25, 0.3) is 10.0 Å². The summed E-state index contributed by atoms with van der Waals surface area (Å²) in [4.78, 5) is 17.3. The number of piperazine rings is 1. The van der Waals surface area contributed by atoms with Crippen LogP contribution in [0.15, 0.2) is 58.1 Å².